The van der Waals surface area contributed by atoms with Crippen molar-refractivity contribution >= 4 is 22.7 Å². The Morgan fingerprint density at radius 2 is 2.28 bits per heavy atom. The van der Waals surface area contributed by atoms with Crippen LogP contribution in [0.5, 0.6) is 0 Å². The van der Waals surface area contributed by atoms with Gasteiger partial charge in [-0.3, -0.25) is 10.1 Å². The molecular weight excluding hydrogens is 257 g/mol. The predicted molar refractivity (Wildman–Crippen MR) is 67.4 cm³/mol. The Morgan fingerprint density at radius 1 is 1.44 bits per heavy atom. The monoisotopic (exact) mass is 267 g/mol. The zero-order valence-corrected chi connectivity index (χ0v) is 10.1. The van der Waals surface area contributed by atoms with Crippen molar-refractivity contribution in [2.45, 2.75) is 6.42 Å². The van der Waals surface area contributed by atoms with Crippen molar-refractivity contribution in [1.82, 2.24) is 4.98 Å². The minimum atomic E-state index is -0.625. The Hall–Kier alpha value is -2.02. The van der Waals surface area contributed by atoms with Crippen LogP contribution in [0.15, 0.2) is 29.1 Å². The lowest BCUT2D eigenvalue weighted by Crippen LogP contribution is -2.05. The first-order valence-electron chi connectivity index (χ1n) is 5.21. The molecule has 0 aliphatic carbocycles. The van der Waals surface area contributed by atoms with Gasteiger partial charge in [0.05, 0.1) is 22.2 Å². The predicted octanol–water partition coefficient (Wildman–Crippen LogP) is 2.85. The van der Waals surface area contributed by atoms with Crippen LogP contribution in [0.25, 0.3) is 0 Å². The quantitative estimate of drug-likeness (QED) is 0.668. The molecule has 0 aliphatic rings. The van der Waals surface area contributed by atoms with E-state index in [1.807, 2.05) is 5.38 Å². The van der Waals surface area contributed by atoms with Crippen molar-refractivity contribution in [3.63, 3.8) is 0 Å². The van der Waals surface area contributed by atoms with Crippen LogP contribution in [0.2, 0.25) is 0 Å². The van der Waals surface area contributed by atoms with E-state index in [0.717, 1.165) is 11.8 Å². The average Bonchev–Trinajstić information content (AvgIpc) is 2.81. The van der Waals surface area contributed by atoms with Crippen LogP contribution in [0.3, 0.4) is 0 Å². The first kappa shape index (κ1) is 12.4. The van der Waals surface area contributed by atoms with Gasteiger partial charge < -0.3 is 5.32 Å². The molecule has 0 amide bonds. The molecule has 1 aromatic carbocycles. The number of non-ortho nitro benzene ring substituents is 1. The highest BCUT2D eigenvalue weighted by Gasteiger charge is 2.09. The molecule has 0 atom stereocenters. The summed E-state index contributed by atoms with van der Waals surface area (Å²) in [5.41, 5.74) is 2.82. The SMILES string of the molecule is O=[N+]([O-])c1cc(F)cc(NCCc2cscn2)c1. The fraction of sp³-hybridized carbons (Fsp3) is 0.182. The molecule has 2 aromatic rings. The number of thiazole rings is 1. The molecule has 1 N–H and O–H groups in total. The number of halogens is 1. The van der Waals surface area contributed by atoms with Gasteiger partial charge in [-0.2, -0.15) is 0 Å². The zero-order chi connectivity index (χ0) is 13.0. The minimum Gasteiger partial charge on any atom is -0.384 e. The normalized spacial score (nSPS) is 10.3. The highest BCUT2D eigenvalue weighted by atomic mass is 32.1. The van der Waals surface area contributed by atoms with E-state index in [4.69, 9.17) is 0 Å². The third kappa shape index (κ3) is 3.24. The summed E-state index contributed by atoms with van der Waals surface area (Å²) in [7, 11) is 0. The van der Waals surface area contributed by atoms with Crippen LogP contribution >= 0.6 is 11.3 Å². The van der Waals surface area contributed by atoms with Crippen LogP contribution in [-0.2, 0) is 6.42 Å². The largest absolute Gasteiger partial charge is 0.384 e. The number of nitrogens with zero attached hydrogens (tertiary/aromatic N) is 2. The van der Waals surface area contributed by atoms with Gasteiger partial charge in [-0.25, -0.2) is 9.37 Å². The fourth-order valence-corrected chi connectivity index (χ4v) is 2.07. The van der Waals surface area contributed by atoms with Gasteiger partial charge in [0.1, 0.15) is 5.82 Å². The lowest BCUT2D eigenvalue weighted by molar-refractivity contribution is -0.385. The number of hydrogen-bond donors (Lipinski definition) is 1. The van der Waals surface area contributed by atoms with E-state index in [1.54, 1.807) is 5.51 Å². The van der Waals surface area contributed by atoms with Crippen molar-refractivity contribution in [2.24, 2.45) is 0 Å². The molecule has 0 fully saturated rings. The number of hydrogen-bond acceptors (Lipinski definition) is 5. The summed E-state index contributed by atoms with van der Waals surface area (Å²) in [6.07, 6.45) is 0.688. The molecule has 5 nitrogen and oxygen atoms in total. The third-order valence-corrected chi connectivity index (χ3v) is 2.92. The second kappa shape index (κ2) is 5.54. The standard InChI is InChI=1S/C11H10FN3O2S/c12-8-3-10(5-11(4-8)15(16)17)13-2-1-9-6-18-7-14-9/h3-7,13H,1-2H2. The van der Waals surface area contributed by atoms with Crippen molar-refractivity contribution in [1.29, 1.82) is 0 Å². The van der Waals surface area contributed by atoms with E-state index in [0.29, 0.717) is 18.7 Å². The van der Waals surface area contributed by atoms with Crippen LogP contribution in [0, 0.1) is 15.9 Å². The van der Waals surface area contributed by atoms with Gasteiger partial charge in [-0.15, -0.1) is 11.3 Å². The van der Waals surface area contributed by atoms with E-state index < -0.39 is 10.7 Å². The molecule has 1 aromatic heterocycles. The number of rotatable bonds is 5. The summed E-state index contributed by atoms with van der Waals surface area (Å²) < 4.78 is 13.1. The molecule has 0 spiro atoms. The van der Waals surface area contributed by atoms with Gasteiger partial charge in [-0.05, 0) is 6.07 Å². The van der Waals surface area contributed by atoms with Crippen LogP contribution in [0.4, 0.5) is 15.8 Å². The highest BCUT2D eigenvalue weighted by Crippen LogP contribution is 2.19. The summed E-state index contributed by atoms with van der Waals surface area (Å²) >= 11 is 1.51. The van der Waals surface area contributed by atoms with Crippen LogP contribution < -0.4 is 5.32 Å². The van der Waals surface area contributed by atoms with E-state index in [-0.39, 0.29) is 5.69 Å². The first-order chi connectivity index (χ1) is 8.65. The number of aromatic nitrogens is 1. The van der Waals surface area contributed by atoms with Crippen LogP contribution in [-0.4, -0.2) is 16.5 Å². The van der Waals surface area contributed by atoms with E-state index in [1.165, 1.54) is 23.5 Å². The minimum absolute atomic E-state index is 0.258. The summed E-state index contributed by atoms with van der Waals surface area (Å²) in [5.74, 6) is -0.625. The van der Waals surface area contributed by atoms with Crippen molar-refractivity contribution in [2.75, 3.05) is 11.9 Å². The van der Waals surface area contributed by atoms with Crippen molar-refractivity contribution in [3.8, 4) is 0 Å². The number of nitro benzene ring substituents is 1. The Balaban J connectivity index is 1.98. The average molecular weight is 267 g/mol. The summed E-state index contributed by atoms with van der Waals surface area (Å²) in [5, 5.41) is 15.4. The molecule has 0 aliphatic heterocycles. The van der Waals surface area contributed by atoms with Gasteiger partial charge in [-0.1, -0.05) is 0 Å². The summed E-state index contributed by atoms with van der Waals surface area (Å²) in [6.45, 7) is 0.546. The maximum atomic E-state index is 13.1. The van der Waals surface area contributed by atoms with Gasteiger partial charge in [0.25, 0.3) is 5.69 Å². The second-order valence-electron chi connectivity index (χ2n) is 3.61. The lowest BCUT2D eigenvalue weighted by atomic mass is 10.2. The Labute approximate surface area is 106 Å². The van der Waals surface area contributed by atoms with E-state index in [9.17, 15) is 14.5 Å². The molecule has 0 saturated carbocycles. The zero-order valence-electron chi connectivity index (χ0n) is 9.30. The Bertz CT molecular complexity index is 545. The second-order valence-corrected chi connectivity index (χ2v) is 4.33. The molecular formula is C11H10FN3O2S. The first-order valence-corrected chi connectivity index (χ1v) is 6.15. The lowest BCUT2D eigenvalue weighted by Gasteiger charge is -2.05. The van der Waals surface area contributed by atoms with Gasteiger partial charge >= 0.3 is 0 Å². The van der Waals surface area contributed by atoms with Crippen molar-refractivity contribution < 1.29 is 9.31 Å². The fourth-order valence-electron chi connectivity index (χ4n) is 1.48. The van der Waals surface area contributed by atoms with Gasteiger partial charge in [0.15, 0.2) is 0 Å². The number of nitrogens with one attached hydrogen (secondary N) is 1. The highest BCUT2D eigenvalue weighted by molar-refractivity contribution is 7.07. The Morgan fingerprint density at radius 3 is 2.94 bits per heavy atom. The van der Waals surface area contributed by atoms with Crippen molar-refractivity contribution in [3.05, 3.63) is 50.7 Å². The van der Waals surface area contributed by atoms with E-state index >= 15 is 0 Å². The van der Waals surface area contributed by atoms with Gasteiger partial charge in [0.2, 0.25) is 0 Å². The maximum Gasteiger partial charge on any atom is 0.274 e. The molecule has 18 heavy (non-hydrogen) atoms. The number of benzene rings is 1. The molecule has 1 heterocycles. The third-order valence-electron chi connectivity index (χ3n) is 2.29. The summed E-state index contributed by atoms with van der Waals surface area (Å²) in [6, 6.07) is 3.43. The molecule has 0 unspecified atom stereocenters. The maximum absolute atomic E-state index is 13.1. The molecule has 7 heteroatoms. The number of nitro groups is 1. The Kier molecular flexibility index (Phi) is 3.83. The van der Waals surface area contributed by atoms with Crippen LogP contribution in [0.1, 0.15) is 5.69 Å². The smallest absolute Gasteiger partial charge is 0.274 e. The topological polar surface area (TPSA) is 68.1 Å². The molecule has 0 saturated heterocycles. The molecule has 0 radical (unpaired) electrons. The molecule has 0 bridgehead atoms. The number of anilines is 1. The molecule has 2 rings (SSSR count). The summed E-state index contributed by atoms with van der Waals surface area (Å²) in [4.78, 5) is 14.1. The molecule has 94 valence electrons. The van der Waals surface area contributed by atoms with E-state index in [2.05, 4.69) is 10.3 Å². The van der Waals surface area contributed by atoms with Gasteiger partial charge in [0, 0.05) is 30.1 Å².